The number of rotatable bonds is 3. The molecule has 0 N–H and O–H groups in total. The van der Waals surface area contributed by atoms with Gasteiger partial charge in [0.05, 0.1) is 16.6 Å². The van der Waals surface area contributed by atoms with Crippen molar-refractivity contribution in [2.45, 2.75) is 20.3 Å². The molecule has 0 aliphatic carbocycles. The van der Waals surface area contributed by atoms with Gasteiger partial charge in [0.2, 0.25) is 0 Å². The fourth-order valence-corrected chi connectivity index (χ4v) is 4.95. The summed E-state index contributed by atoms with van der Waals surface area (Å²) in [6.07, 6.45) is 0.868. The lowest BCUT2D eigenvalue weighted by Crippen LogP contribution is -2.47. The molecule has 0 amide bonds. The van der Waals surface area contributed by atoms with Crippen LogP contribution >= 0.6 is 11.6 Å². The summed E-state index contributed by atoms with van der Waals surface area (Å²) in [5, 5.41) is 10.7. The molecule has 0 spiro atoms. The second-order valence-electron chi connectivity index (χ2n) is 7.98. The van der Waals surface area contributed by atoms with E-state index in [-0.39, 0.29) is 0 Å². The number of aromatic nitrogens is 2. The molecule has 6 heteroatoms. The van der Waals surface area contributed by atoms with Crippen LogP contribution in [0.3, 0.4) is 0 Å². The molecule has 5 nitrogen and oxygen atoms in total. The molecule has 1 aliphatic rings. The Morgan fingerprint density at radius 2 is 1.77 bits per heavy atom. The first-order valence-electron chi connectivity index (χ1n) is 10.7. The van der Waals surface area contributed by atoms with Gasteiger partial charge in [-0.2, -0.15) is 5.26 Å². The van der Waals surface area contributed by atoms with E-state index in [1.165, 1.54) is 11.4 Å². The molecule has 4 aromatic rings. The average Bonchev–Trinajstić information content (AvgIpc) is 3.17. The molecule has 1 aliphatic heterocycles. The minimum atomic E-state index is 0.675. The number of benzene rings is 2. The third-order valence-electron chi connectivity index (χ3n) is 6.31. The highest BCUT2D eigenvalue weighted by molar-refractivity contribution is 6.30. The smallest absolute Gasteiger partial charge is 0.157 e. The monoisotopic (exact) mass is 429 g/mol. The normalized spacial score (nSPS) is 14.4. The predicted octanol–water partition coefficient (Wildman–Crippen LogP) is 5.21. The number of pyridine rings is 1. The molecule has 0 atom stereocenters. The first kappa shape index (κ1) is 19.7. The zero-order valence-electron chi connectivity index (χ0n) is 17.8. The summed E-state index contributed by atoms with van der Waals surface area (Å²) in [6.45, 7) is 7.84. The van der Waals surface area contributed by atoms with Gasteiger partial charge in [0.15, 0.2) is 5.65 Å². The minimum absolute atomic E-state index is 0.675. The van der Waals surface area contributed by atoms with Crippen molar-refractivity contribution in [2.75, 3.05) is 36.0 Å². The van der Waals surface area contributed by atoms with Crippen molar-refractivity contribution >= 4 is 39.8 Å². The number of anilines is 2. The molecule has 0 bridgehead atoms. The third-order valence-corrected chi connectivity index (χ3v) is 6.55. The van der Waals surface area contributed by atoms with Crippen molar-refractivity contribution in [3.63, 3.8) is 0 Å². The lowest BCUT2D eigenvalue weighted by atomic mass is 10.0. The van der Waals surface area contributed by atoms with Crippen molar-refractivity contribution in [3.05, 3.63) is 70.2 Å². The van der Waals surface area contributed by atoms with Crippen LogP contribution in [0.15, 0.2) is 48.5 Å². The Bertz CT molecular complexity index is 1330. The number of nitriles is 1. The Kier molecular flexibility index (Phi) is 4.95. The number of fused-ring (bicyclic) bond motifs is 3. The Balaban J connectivity index is 1.62. The highest BCUT2D eigenvalue weighted by atomic mass is 35.5. The van der Waals surface area contributed by atoms with Gasteiger partial charge in [-0.1, -0.05) is 36.7 Å². The first-order valence-corrected chi connectivity index (χ1v) is 11.1. The second-order valence-corrected chi connectivity index (χ2v) is 8.42. The molecule has 2 aromatic heterocycles. The summed E-state index contributed by atoms with van der Waals surface area (Å²) in [5.41, 5.74) is 6.84. The molecule has 1 fully saturated rings. The average molecular weight is 430 g/mol. The molecule has 0 unspecified atom stereocenters. The molecule has 0 saturated carbocycles. The van der Waals surface area contributed by atoms with E-state index in [1.54, 1.807) is 0 Å². The van der Waals surface area contributed by atoms with Crippen LogP contribution in [-0.2, 0) is 6.42 Å². The molecular weight excluding hydrogens is 406 g/mol. The first-order chi connectivity index (χ1) is 15.1. The Hall–Kier alpha value is -3.23. The number of para-hydroxylation sites is 2. The van der Waals surface area contributed by atoms with Crippen molar-refractivity contribution in [2.24, 2.45) is 0 Å². The number of imidazole rings is 1. The second kappa shape index (κ2) is 7.79. The maximum Gasteiger partial charge on any atom is 0.157 e. The summed E-state index contributed by atoms with van der Waals surface area (Å²) in [4.78, 5) is 9.67. The van der Waals surface area contributed by atoms with Gasteiger partial charge in [-0.25, -0.2) is 4.98 Å². The number of nitrogens with zero attached hydrogens (tertiary/aromatic N) is 5. The fraction of sp³-hybridized carbons (Fsp3) is 0.280. The van der Waals surface area contributed by atoms with Crippen LogP contribution in [0.1, 0.15) is 23.6 Å². The molecule has 31 heavy (non-hydrogen) atoms. The van der Waals surface area contributed by atoms with Crippen molar-refractivity contribution < 1.29 is 0 Å². The van der Waals surface area contributed by atoms with E-state index in [1.807, 2.05) is 36.4 Å². The molecule has 2 aromatic carbocycles. The van der Waals surface area contributed by atoms with Gasteiger partial charge in [-0.05, 0) is 54.8 Å². The maximum atomic E-state index is 9.91. The van der Waals surface area contributed by atoms with Gasteiger partial charge in [-0.15, -0.1) is 0 Å². The molecular formula is C25H24ClN5. The predicted molar refractivity (Wildman–Crippen MR) is 127 cm³/mol. The van der Waals surface area contributed by atoms with Gasteiger partial charge in [-0.3, -0.25) is 4.40 Å². The van der Waals surface area contributed by atoms with Crippen molar-refractivity contribution in [1.82, 2.24) is 9.38 Å². The fourth-order valence-electron chi connectivity index (χ4n) is 4.77. The van der Waals surface area contributed by atoms with Crippen LogP contribution in [-0.4, -0.2) is 35.6 Å². The highest BCUT2D eigenvalue weighted by Gasteiger charge is 2.26. The van der Waals surface area contributed by atoms with Crippen molar-refractivity contribution in [3.8, 4) is 6.07 Å². The van der Waals surface area contributed by atoms with Gasteiger partial charge in [0.25, 0.3) is 0 Å². The minimum Gasteiger partial charge on any atom is -0.368 e. The van der Waals surface area contributed by atoms with Gasteiger partial charge in [0, 0.05) is 36.9 Å². The zero-order valence-corrected chi connectivity index (χ0v) is 18.5. The maximum absolute atomic E-state index is 9.91. The Morgan fingerprint density at radius 1 is 1.03 bits per heavy atom. The van der Waals surface area contributed by atoms with Crippen LogP contribution in [0, 0.1) is 18.3 Å². The van der Waals surface area contributed by atoms with Gasteiger partial charge < -0.3 is 9.80 Å². The van der Waals surface area contributed by atoms with E-state index in [0.29, 0.717) is 5.56 Å². The van der Waals surface area contributed by atoms with Gasteiger partial charge >= 0.3 is 0 Å². The van der Waals surface area contributed by atoms with Crippen LogP contribution in [0.5, 0.6) is 0 Å². The zero-order chi connectivity index (χ0) is 21.5. The van der Waals surface area contributed by atoms with Gasteiger partial charge in [0.1, 0.15) is 11.9 Å². The standard InChI is InChI=1S/C25H24ClN5/c1-3-20-17(2)21(16-27)24-28-22-9-4-5-10-23(22)31(24)25(20)30-13-11-29(12-14-30)19-8-6-7-18(26)15-19/h4-10,15H,3,11-14H2,1-2H3. The summed E-state index contributed by atoms with van der Waals surface area (Å²) in [5.74, 6) is 1.17. The SMILES string of the molecule is CCc1c(C)c(C#N)c2nc3ccccc3n2c1N1CCN(c2cccc(Cl)c2)CC1. The summed E-state index contributed by atoms with van der Waals surface area (Å²) >= 11 is 6.21. The summed E-state index contributed by atoms with van der Waals surface area (Å²) < 4.78 is 2.20. The highest BCUT2D eigenvalue weighted by Crippen LogP contribution is 2.34. The summed E-state index contributed by atoms with van der Waals surface area (Å²) in [7, 11) is 0. The quantitative estimate of drug-likeness (QED) is 0.448. The lowest BCUT2D eigenvalue weighted by molar-refractivity contribution is 0.642. The van der Waals surface area contributed by atoms with Crippen LogP contribution in [0.4, 0.5) is 11.5 Å². The molecule has 156 valence electrons. The van der Waals surface area contributed by atoms with E-state index < -0.39 is 0 Å². The number of piperazine rings is 1. The van der Waals surface area contributed by atoms with E-state index >= 15 is 0 Å². The van der Waals surface area contributed by atoms with E-state index in [4.69, 9.17) is 16.6 Å². The van der Waals surface area contributed by atoms with Crippen LogP contribution in [0.2, 0.25) is 5.02 Å². The topological polar surface area (TPSA) is 47.6 Å². The molecule has 3 heterocycles. The molecule has 0 radical (unpaired) electrons. The lowest BCUT2D eigenvalue weighted by Gasteiger charge is -2.38. The van der Waals surface area contributed by atoms with Crippen molar-refractivity contribution in [1.29, 1.82) is 5.26 Å². The number of halogens is 1. The third kappa shape index (κ3) is 3.19. The van der Waals surface area contributed by atoms with E-state index in [2.05, 4.69) is 46.2 Å². The van der Waals surface area contributed by atoms with E-state index in [9.17, 15) is 5.26 Å². The Labute approximate surface area is 187 Å². The molecule has 5 rings (SSSR count). The largest absolute Gasteiger partial charge is 0.368 e. The van der Waals surface area contributed by atoms with Crippen LogP contribution < -0.4 is 9.80 Å². The van der Waals surface area contributed by atoms with E-state index in [0.717, 1.165) is 65.6 Å². The summed E-state index contributed by atoms with van der Waals surface area (Å²) in [6, 6.07) is 18.6. The number of hydrogen-bond donors (Lipinski definition) is 0. The molecule has 1 saturated heterocycles. The Morgan fingerprint density at radius 3 is 2.48 bits per heavy atom. The number of hydrogen-bond acceptors (Lipinski definition) is 4. The van der Waals surface area contributed by atoms with Crippen LogP contribution in [0.25, 0.3) is 16.7 Å².